The van der Waals surface area contributed by atoms with E-state index in [0.29, 0.717) is 23.5 Å². The van der Waals surface area contributed by atoms with Crippen molar-refractivity contribution in [1.82, 2.24) is 31.6 Å². The Bertz CT molecular complexity index is 581. The number of hydrazine groups is 2. The molecule has 1 rings (SSSR count). The van der Waals surface area contributed by atoms with E-state index in [1.54, 1.807) is 6.20 Å². The van der Waals surface area contributed by atoms with Gasteiger partial charge in [0.2, 0.25) is 6.41 Å². The number of amides is 1. The van der Waals surface area contributed by atoms with E-state index in [2.05, 4.69) is 31.6 Å². The van der Waals surface area contributed by atoms with Crippen molar-refractivity contribution in [3.8, 4) is 0 Å². The Labute approximate surface area is 161 Å². The molecule has 12 N–H and O–H groups in total. The van der Waals surface area contributed by atoms with Crippen LogP contribution in [0.15, 0.2) is 30.0 Å². The molecule has 0 saturated carbocycles. The van der Waals surface area contributed by atoms with Gasteiger partial charge in [-0.1, -0.05) is 5.21 Å². The van der Waals surface area contributed by atoms with Crippen LogP contribution in [0.2, 0.25) is 0 Å². The molecule has 0 spiro atoms. The number of nitrogens with two attached hydrogens (primary N) is 4. The molecule has 1 amide bonds. The highest BCUT2D eigenvalue weighted by atomic mass is 16.5. The number of H-pyrrole nitrogens is 1. The maximum atomic E-state index is 11.2. The Morgan fingerprint density at radius 1 is 1.07 bits per heavy atom. The lowest BCUT2D eigenvalue weighted by Crippen LogP contribution is -2.56. The summed E-state index contributed by atoms with van der Waals surface area (Å²) in [6.45, 7) is 0.488. The average molecular weight is 400 g/mol. The summed E-state index contributed by atoms with van der Waals surface area (Å²) in [6.07, 6.45) is 4.90. The van der Waals surface area contributed by atoms with Crippen LogP contribution in [0.4, 0.5) is 0 Å². The summed E-state index contributed by atoms with van der Waals surface area (Å²) in [5, 5.41) is 12.7. The number of ether oxygens (including phenoxy) is 3. The van der Waals surface area contributed by atoms with Crippen LogP contribution in [0.25, 0.3) is 0 Å². The molecule has 1 heterocycles. The van der Waals surface area contributed by atoms with Crippen LogP contribution in [0, 0.1) is 0 Å². The van der Waals surface area contributed by atoms with E-state index < -0.39 is 5.54 Å². The van der Waals surface area contributed by atoms with Gasteiger partial charge in [0.05, 0.1) is 51.0 Å². The second kappa shape index (κ2) is 13.3. The highest BCUT2D eigenvalue weighted by Gasteiger charge is 2.31. The minimum Gasteiger partial charge on any atom is -0.399 e. The van der Waals surface area contributed by atoms with Crippen LogP contribution in [-0.2, 0) is 25.6 Å². The minimum atomic E-state index is -1.00. The van der Waals surface area contributed by atoms with E-state index in [1.807, 2.05) is 0 Å². The number of hydrogen-bond donors (Lipinski definition) is 8. The minimum absolute atomic E-state index is 0.0441. The first kappa shape index (κ1) is 23.1. The maximum Gasteiger partial charge on any atom is 0.207 e. The maximum absolute atomic E-state index is 11.2. The lowest BCUT2D eigenvalue weighted by molar-refractivity contribution is -0.115. The Morgan fingerprint density at radius 3 is 2.11 bits per heavy atom. The van der Waals surface area contributed by atoms with Crippen LogP contribution < -0.4 is 39.3 Å². The van der Waals surface area contributed by atoms with Crippen molar-refractivity contribution in [2.75, 3.05) is 33.0 Å². The molecule has 0 aromatic carbocycles. The molecule has 0 saturated heterocycles. The van der Waals surface area contributed by atoms with E-state index >= 15 is 0 Å². The van der Waals surface area contributed by atoms with Crippen molar-refractivity contribution in [3.05, 3.63) is 35.7 Å². The van der Waals surface area contributed by atoms with Gasteiger partial charge in [0.25, 0.3) is 0 Å². The SMILES string of the molecule is NN/C=C(\N)COCC(COC/C(N)=C/NN)(COCc1c[nH]nn1)NC=O. The van der Waals surface area contributed by atoms with Crippen molar-refractivity contribution in [2.45, 2.75) is 12.1 Å². The third-order valence-electron chi connectivity index (χ3n) is 3.29. The van der Waals surface area contributed by atoms with Crippen LogP contribution >= 0.6 is 0 Å². The van der Waals surface area contributed by atoms with Gasteiger partial charge in [-0.2, -0.15) is 0 Å². The number of nitrogens with zero attached hydrogens (tertiary/aromatic N) is 2. The third kappa shape index (κ3) is 9.15. The zero-order chi connectivity index (χ0) is 20.7. The van der Waals surface area contributed by atoms with E-state index in [4.69, 9.17) is 37.4 Å². The molecule has 0 atom stereocenters. The van der Waals surface area contributed by atoms with Gasteiger partial charge in [-0.3, -0.25) is 21.6 Å². The number of hydrogen-bond acceptors (Lipinski definition) is 12. The molecule has 0 aliphatic rings. The van der Waals surface area contributed by atoms with Crippen LogP contribution in [0.5, 0.6) is 0 Å². The van der Waals surface area contributed by atoms with Crippen LogP contribution in [-0.4, -0.2) is 60.4 Å². The summed E-state index contributed by atoms with van der Waals surface area (Å²) in [4.78, 5) is 11.2. The van der Waals surface area contributed by atoms with Crippen LogP contribution in [0.3, 0.4) is 0 Å². The summed E-state index contributed by atoms with van der Waals surface area (Å²) in [5.41, 5.74) is 16.4. The summed E-state index contributed by atoms with van der Waals surface area (Å²) in [7, 11) is 0. The number of carbonyl (C=O) groups excluding carboxylic acids is 1. The standard InChI is InChI=1S/C14H28N10O4/c15-11(1-20-17)4-26-7-14(19-10-25,8-27-5-12(16)2-21-18)9-28-6-13-3-22-24-23-13/h1-3,10,20-21H,4-9,15-18H2,(H,19,25)(H,22,23,24)/b11-1-,12-2-. The van der Waals surface area contributed by atoms with Crippen molar-refractivity contribution in [3.63, 3.8) is 0 Å². The second-order valence-corrected chi connectivity index (χ2v) is 5.76. The van der Waals surface area contributed by atoms with Crippen molar-refractivity contribution in [2.24, 2.45) is 23.2 Å². The molecular formula is C14H28N10O4. The van der Waals surface area contributed by atoms with Gasteiger partial charge in [0.15, 0.2) is 0 Å². The van der Waals surface area contributed by atoms with Gasteiger partial charge in [0, 0.05) is 18.6 Å². The van der Waals surface area contributed by atoms with Gasteiger partial charge >= 0.3 is 0 Å². The molecule has 0 radical (unpaired) electrons. The highest BCUT2D eigenvalue weighted by Crippen LogP contribution is 2.10. The molecule has 0 unspecified atom stereocenters. The van der Waals surface area contributed by atoms with E-state index in [-0.39, 0.29) is 39.6 Å². The van der Waals surface area contributed by atoms with Crippen LogP contribution in [0.1, 0.15) is 5.69 Å². The number of carbonyl (C=O) groups is 1. The highest BCUT2D eigenvalue weighted by molar-refractivity contribution is 5.48. The molecule has 0 aliphatic carbocycles. The number of aromatic amines is 1. The summed E-state index contributed by atoms with van der Waals surface area (Å²) in [5.74, 6) is 10.3. The Morgan fingerprint density at radius 2 is 1.64 bits per heavy atom. The second-order valence-electron chi connectivity index (χ2n) is 5.76. The smallest absolute Gasteiger partial charge is 0.207 e. The monoisotopic (exact) mass is 400 g/mol. The molecule has 0 aliphatic heterocycles. The molecule has 158 valence electrons. The molecule has 14 heteroatoms. The first-order valence-corrected chi connectivity index (χ1v) is 8.16. The number of aromatic nitrogens is 3. The molecule has 0 fully saturated rings. The van der Waals surface area contributed by atoms with Crippen molar-refractivity contribution >= 4 is 6.41 Å². The molecule has 0 bridgehead atoms. The van der Waals surface area contributed by atoms with Gasteiger partial charge in [-0.15, -0.1) is 5.10 Å². The molecule has 28 heavy (non-hydrogen) atoms. The van der Waals surface area contributed by atoms with E-state index in [1.165, 1.54) is 12.4 Å². The first-order valence-electron chi connectivity index (χ1n) is 8.16. The fourth-order valence-corrected chi connectivity index (χ4v) is 2.05. The number of rotatable bonds is 16. The van der Waals surface area contributed by atoms with Gasteiger partial charge in [-0.05, 0) is 0 Å². The molecule has 1 aromatic heterocycles. The molecule has 1 aromatic rings. The zero-order valence-electron chi connectivity index (χ0n) is 15.4. The lowest BCUT2D eigenvalue weighted by Gasteiger charge is -2.32. The molecular weight excluding hydrogens is 372 g/mol. The quantitative estimate of drug-likeness (QED) is 0.0763. The van der Waals surface area contributed by atoms with Crippen molar-refractivity contribution < 1.29 is 19.0 Å². The predicted molar refractivity (Wildman–Crippen MR) is 98.8 cm³/mol. The first-order chi connectivity index (χ1) is 13.5. The Kier molecular flexibility index (Phi) is 11.0. The third-order valence-corrected chi connectivity index (χ3v) is 3.29. The Hall–Kier alpha value is -2.91. The fraction of sp³-hybridized carbons (Fsp3) is 0.500. The topological polar surface area (TPSA) is 226 Å². The molecule has 14 nitrogen and oxygen atoms in total. The van der Waals surface area contributed by atoms with Gasteiger partial charge in [-0.25, -0.2) is 0 Å². The summed E-state index contributed by atoms with van der Waals surface area (Å²) >= 11 is 0. The normalized spacial score (nSPS) is 14.4. The fourth-order valence-electron chi connectivity index (χ4n) is 2.05. The van der Waals surface area contributed by atoms with Gasteiger partial charge < -0.3 is 41.8 Å². The van der Waals surface area contributed by atoms with Crippen molar-refractivity contribution in [1.29, 1.82) is 0 Å². The summed E-state index contributed by atoms with van der Waals surface area (Å²) in [6, 6.07) is 0. The van der Waals surface area contributed by atoms with E-state index in [0.717, 1.165) is 0 Å². The largest absolute Gasteiger partial charge is 0.399 e. The summed E-state index contributed by atoms with van der Waals surface area (Å²) < 4.78 is 16.8. The predicted octanol–water partition coefficient (Wildman–Crippen LogP) is -3.63. The number of nitrogens with one attached hydrogen (secondary N) is 4. The van der Waals surface area contributed by atoms with Gasteiger partial charge in [0.1, 0.15) is 11.2 Å². The zero-order valence-corrected chi connectivity index (χ0v) is 15.4. The van der Waals surface area contributed by atoms with E-state index in [9.17, 15) is 4.79 Å². The Balaban J connectivity index is 2.71. The average Bonchev–Trinajstić information content (AvgIpc) is 3.16. The lowest BCUT2D eigenvalue weighted by atomic mass is 10.0.